The summed E-state index contributed by atoms with van der Waals surface area (Å²) in [5, 5.41) is 12.4. The number of nitrogens with one attached hydrogen (secondary N) is 1. The van der Waals surface area contributed by atoms with Crippen LogP contribution < -0.4 is 5.32 Å². The van der Waals surface area contributed by atoms with Crippen molar-refractivity contribution in [1.82, 2.24) is 4.90 Å². The number of rotatable bonds is 5. The first-order valence-corrected chi connectivity index (χ1v) is 7.18. The summed E-state index contributed by atoms with van der Waals surface area (Å²) in [7, 11) is 1.86. The number of hydrogen-bond acceptors (Lipinski definition) is 3. The lowest BCUT2D eigenvalue weighted by Crippen LogP contribution is -2.30. The molecular formula is C17H16ClN3O. The lowest BCUT2D eigenvalue weighted by Gasteiger charge is -2.16. The molecule has 2 rings (SSSR count). The van der Waals surface area contributed by atoms with Crippen molar-refractivity contribution in [2.75, 3.05) is 18.9 Å². The van der Waals surface area contributed by atoms with E-state index >= 15 is 0 Å². The van der Waals surface area contributed by atoms with Crippen LogP contribution in [0.25, 0.3) is 0 Å². The lowest BCUT2D eigenvalue weighted by atomic mass is 10.2. The maximum Gasteiger partial charge on any atom is 0.238 e. The van der Waals surface area contributed by atoms with Crippen molar-refractivity contribution in [1.29, 1.82) is 5.26 Å². The molecule has 4 nitrogen and oxygen atoms in total. The van der Waals surface area contributed by atoms with E-state index in [9.17, 15) is 4.79 Å². The molecule has 5 heteroatoms. The van der Waals surface area contributed by atoms with Crippen LogP contribution in [0.2, 0.25) is 5.02 Å². The van der Waals surface area contributed by atoms with Crippen LogP contribution in [-0.2, 0) is 11.3 Å². The Morgan fingerprint density at radius 3 is 2.77 bits per heavy atom. The van der Waals surface area contributed by atoms with Gasteiger partial charge in [0.15, 0.2) is 0 Å². The molecule has 0 radical (unpaired) electrons. The second-order valence-corrected chi connectivity index (χ2v) is 5.44. The Hall–Kier alpha value is -2.35. The number of benzene rings is 2. The van der Waals surface area contributed by atoms with E-state index in [1.165, 1.54) is 0 Å². The number of nitrogens with zero attached hydrogens (tertiary/aromatic N) is 2. The number of nitriles is 1. The van der Waals surface area contributed by atoms with Gasteiger partial charge < -0.3 is 5.32 Å². The van der Waals surface area contributed by atoms with E-state index in [0.29, 0.717) is 22.8 Å². The molecule has 22 heavy (non-hydrogen) atoms. The quantitative estimate of drug-likeness (QED) is 0.921. The topological polar surface area (TPSA) is 56.1 Å². The van der Waals surface area contributed by atoms with Gasteiger partial charge in [-0.1, -0.05) is 35.9 Å². The van der Waals surface area contributed by atoms with Crippen LogP contribution in [0.1, 0.15) is 11.1 Å². The summed E-state index contributed by atoms with van der Waals surface area (Å²) in [6, 6.07) is 16.5. The highest BCUT2D eigenvalue weighted by Crippen LogP contribution is 2.14. The largest absolute Gasteiger partial charge is 0.324 e. The molecular weight excluding hydrogens is 298 g/mol. The molecule has 0 saturated carbocycles. The second kappa shape index (κ2) is 7.60. The van der Waals surface area contributed by atoms with Gasteiger partial charge in [-0.2, -0.15) is 5.26 Å². The molecule has 0 aliphatic carbocycles. The van der Waals surface area contributed by atoms with Crippen LogP contribution in [0, 0.1) is 11.3 Å². The fraction of sp³-hybridized carbons (Fsp3) is 0.176. The molecule has 0 aliphatic rings. The molecule has 0 bridgehead atoms. The molecule has 1 amide bonds. The summed E-state index contributed by atoms with van der Waals surface area (Å²) in [5.74, 6) is -0.160. The molecule has 112 valence electrons. The Morgan fingerprint density at radius 2 is 2.05 bits per heavy atom. The standard InChI is InChI=1S/C17H16ClN3O/c1-21(11-13-5-4-7-15(18)9-13)12-17(22)20-16-8-3-2-6-14(16)10-19/h2-9H,11-12H2,1H3,(H,20,22). The average Bonchev–Trinajstić information content (AvgIpc) is 2.47. The van der Waals surface area contributed by atoms with Crippen molar-refractivity contribution in [3.05, 3.63) is 64.7 Å². The van der Waals surface area contributed by atoms with Crippen molar-refractivity contribution >= 4 is 23.2 Å². The molecule has 0 aromatic heterocycles. The molecule has 0 heterocycles. The second-order valence-electron chi connectivity index (χ2n) is 5.01. The van der Waals surface area contributed by atoms with Crippen LogP contribution in [0.4, 0.5) is 5.69 Å². The summed E-state index contributed by atoms with van der Waals surface area (Å²) >= 11 is 5.95. The smallest absolute Gasteiger partial charge is 0.238 e. The van der Waals surface area contributed by atoms with E-state index in [0.717, 1.165) is 5.56 Å². The molecule has 0 spiro atoms. The van der Waals surface area contributed by atoms with Crippen LogP contribution in [0.5, 0.6) is 0 Å². The highest BCUT2D eigenvalue weighted by atomic mass is 35.5. The van der Waals surface area contributed by atoms with Gasteiger partial charge in [-0.25, -0.2) is 0 Å². The number of para-hydroxylation sites is 1. The van der Waals surface area contributed by atoms with Gasteiger partial charge in [0.2, 0.25) is 5.91 Å². The first-order valence-electron chi connectivity index (χ1n) is 6.80. The van der Waals surface area contributed by atoms with Crippen molar-refractivity contribution in [3.63, 3.8) is 0 Å². The van der Waals surface area contributed by atoms with E-state index < -0.39 is 0 Å². The fourth-order valence-corrected chi connectivity index (χ4v) is 2.34. The Morgan fingerprint density at radius 1 is 1.27 bits per heavy atom. The zero-order valence-electron chi connectivity index (χ0n) is 12.2. The maximum absolute atomic E-state index is 12.1. The minimum absolute atomic E-state index is 0.160. The Kier molecular flexibility index (Phi) is 5.54. The lowest BCUT2D eigenvalue weighted by molar-refractivity contribution is -0.117. The Bertz CT molecular complexity index is 709. The fourth-order valence-electron chi connectivity index (χ4n) is 2.13. The van der Waals surface area contributed by atoms with Crippen molar-refractivity contribution in [2.45, 2.75) is 6.54 Å². The number of likely N-dealkylation sites (N-methyl/N-ethyl adjacent to an activating group) is 1. The normalized spacial score (nSPS) is 10.3. The molecule has 0 saturated heterocycles. The van der Waals surface area contributed by atoms with Crippen LogP contribution in [0.3, 0.4) is 0 Å². The SMILES string of the molecule is CN(CC(=O)Nc1ccccc1C#N)Cc1cccc(Cl)c1. The van der Waals surface area contributed by atoms with Gasteiger partial charge in [-0.05, 0) is 36.9 Å². The Labute approximate surface area is 134 Å². The predicted octanol–water partition coefficient (Wildman–Crippen LogP) is 3.28. The highest BCUT2D eigenvalue weighted by Gasteiger charge is 2.09. The number of anilines is 1. The molecule has 0 fully saturated rings. The zero-order valence-corrected chi connectivity index (χ0v) is 13.0. The van der Waals surface area contributed by atoms with Crippen LogP contribution in [-0.4, -0.2) is 24.4 Å². The third-order valence-corrected chi connectivity index (χ3v) is 3.31. The zero-order chi connectivity index (χ0) is 15.9. The minimum Gasteiger partial charge on any atom is -0.324 e. The third-order valence-electron chi connectivity index (χ3n) is 3.08. The van der Waals surface area contributed by atoms with E-state index in [-0.39, 0.29) is 12.5 Å². The molecule has 1 N–H and O–H groups in total. The summed E-state index contributed by atoms with van der Waals surface area (Å²) < 4.78 is 0. The van der Waals surface area contributed by atoms with Gasteiger partial charge in [0, 0.05) is 11.6 Å². The first kappa shape index (κ1) is 16.0. The third kappa shape index (κ3) is 4.59. The van der Waals surface area contributed by atoms with E-state index in [1.54, 1.807) is 24.3 Å². The molecule has 0 aliphatic heterocycles. The van der Waals surface area contributed by atoms with Crippen LogP contribution >= 0.6 is 11.6 Å². The van der Waals surface area contributed by atoms with Crippen LogP contribution in [0.15, 0.2) is 48.5 Å². The van der Waals surface area contributed by atoms with E-state index in [2.05, 4.69) is 11.4 Å². The Balaban J connectivity index is 1.93. The number of hydrogen-bond donors (Lipinski definition) is 1. The number of carbonyl (C=O) groups excluding carboxylic acids is 1. The highest BCUT2D eigenvalue weighted by molar-refractivity contribution is 6.30. The summed E-state index contributed by atoms with van der Waals surface area (Å²) in [6.07, 6.45) is 0. The monoisotopic (exact) mass is 313 g/mol. The van der Waals surface area contributed by atoms with E-state index in [1.807, 2.05) is 36.2 Å². The maximum atomic E-state index is 12.1. The van der Waals surface area contributed by atoms with Gasteiger partial charge in [0.05, 0.1) is 17.8 Å². The summed E-state index contributed by atoms with van der Waals surface area (Å²) in [6.45, 7) is 0.847. The number of amides is 1. The van der Waals surface area contributed by atoms with Gasteiger partial charge in [0.1, 0.15) is 6.07 Å². The van der Waals surface area contributed by atoms with Gasteiger partial charge in [-0.15, -0.1) is 0 Å². The van der Waals surface area contributed by atoms with Crippen molar-refractivity contribution in [2.24, 2.45) is 0 Å². The van der Waals surface area contributed by atoms with Crippen molar-refractivity contribution in [3.8, 4) is 6.07 Å². The molecule has 0 atom stereocenters. The van der Waals surface area contributed by atoms with Gasteiger partial charge >= 0.3 is 0 Å². The predicted molar refractivity (Wildman–Crippen MR) is 87.6 cm³/mol. The summed E-state index contributed by atoms with van der Waals surface area (Å²) in [5.41, 5.74) is 2.03. The molecule has 2 aromatic carbocycles. The first-order chi connectivity index (χ1) is 10.6. The van der Waals surface area contributed by atoms with Gasteiger partial charge in [0.25, 0.3) is 0 Å². The molecule has 0 unspecified atom stereocenters. The number of halogens is 1. The van der Waals surface area contributed by atoms with E-state index in [4.69, 9.17) is 16.9 Å². The summed E-state index contributed by atoms with van der Waals surface area (Å²) in [4.78, 5) is 13.9. The average molecular weight is 314 g/mol. The van der Waals surface area contributed by atoms with Gasteiger partial charge in [-0.3, -0.25) is 9.69 Å². The molecule has 2 aromatic rings. The number of carbonyl (C=O) groups is 1. The minimum atomic E-state index is -0.160. The van der Waals surface area contributed by atoms with Crippen molar-refractivity contribution < 1.29 is 4.79 Å².